The first-order valence-electron chi connectivity index (χ1n) is 6.66. The number of rotatable bonds is 5. The predicted molar refractivity (Wildman–Crippen MR) is 85.3 cm³/mol. The zero-order valence-corrected chi connectivity index (χ0v) is 12.2. The normalized spacial score (nSPS) is 10.5. The lowest BCUT2D eigenvalue weighted by atomic mass is 10.2. The van der Waals surface area contributed by atoms with Crippen molar-refractivity contribution in [2.24, 2.45) is 5.73 Å². The van der Waals surface area contributed by atoms with Gasteiger partial charge < -0.3 is 10.5 Å². The van der Waals surface area contributed by atoms with E-state index in [-0.39, 0.29) is 0 Å². The monoisotopic (exact) mass is 297 g/mol. The van der Waals surface area contributed by atoms with Gasteiger partial charge in [0.25, 0.3) is 0 Å². The minimum absolute atomic E-state index is 0.517. The van der Waals surface area contributed by atoms with E-state index in [1.165, 1.54) is 0 Å². The van der Waals surface area contributed by atoms with Crippen LogP contribution in [0.25, 0.3) is 21.8 Å². The smallest absolute Gasteiger partial charge is 0.124 e. The number of nitrogens with zero attached hydrogens (tertiary/aromatic N) is 2. The van der Waals surface area contributed by atoms with Crippen molar-refractivity contribution in [1.82, 2.24) is 9.97 Å². The molecule has 2 aromatic heterocycles. The number of hydrogen-bond acceptors (Lipinski definition) is 5. The summed E-state index contributed by atoms with van der Waals surface area (Å²) in [7, 11) is 0. The second kappa shape index (κ2) is 6.47. The molecule has 0 bridgehead atoms. The number of thiazole rings is 1. The minimum Gasteiger partial charge on any atom is -0.492 e. The standard InChI is InChI=1S/C16H15N3OS/c17-7-10-20-14-3-1-12(2-4-14)15-11-21-16(19-15)13-5-8-18-9-6-13/h1-6,8-9,11H,7,10,17H2. The maximum absolute atomic E-state index is 5.47. The van der Waals surface area contributed by atoms with E-state index >= 15 is 0 Å². The molecule has 106 valence electrons. The highest BCUT2D eigenvalue weighted by atomic mass is 32.1. The van der Waals surface area contributed by atoms with Crippen molar-refractivity contribution in [3.63, 3.8) is 0 Å². The van der Waals surface area contributed by atoms with Gasteiger partial charge in [0.1, 0.15) is 17.4 Å². The Labute approximate surface area is 127 Å². The van der Waals surface area contributed by atoms with E-state index in [1.54, 1.807) is 23.7 Å². The Morgan fingerprint density at radius 1 is 1.00 bits per heavy atom. The van der Waals surface area contributed by atoms with Crippen LogP contribution in [-0.2, 0) is 0 Å². The molecule has 2 N–H and O–H groups in total. The van der Waals surface area contributed by atoms with Gasteiger partial charge in [-0.05, 0) is 36.4 Å². The van der Waals surface area contributed by atoms with Crippen LogP contribution in [0.1, 0.15) is 0 Å². The minimum atomic E-state index is 0.517. The molecule has 3 rings (SSSR count). The van der Waals surface area contributed by atoms with Gasteiger partial charge in [-0.25, -0.2) is 4.98 Å². The summed E-state index contributed by atoms with van der Waals surface area (Å²) >= 11 is 1.63. The summed E-state index contributed by atoms with van der Waals surface area (Å²) in [5, 5.41) is 3.06. The third kappa shape index (κ3) is 3.26. The Morgan fingerprint density at radius 2 is 1.76 bits per heavy atom. The second-order valence-electron chi connectivity index (χ2n) is 4.44. The molecule has 4 nitrogen and oxygen atoms in total. The summed E-state index contributed by atoms with van der Waals surface area (Å²) < 4.78 is 5.47. The van der Waals surface area contributed by atoms with Crippen molar-refractivity contribution in [1.29, 1.82) is 0 Å². The summed E-state index contributed by atoms with van der Waals surface area (Å²) in [6.45, 7) is 1.05. The molecule has 0 saturated carbocycles. The van der Waals surface area contributed by atoms with E-state index < -0.39 is 0 Å². The van der Waals surface area contributed by atoms with Crippen molar-refractivity contribution >= 4 is 11.3 Å². The molecule has 0 amide bonds. The zero-order chi connectivity index (χ0) is 14.5. The molecule has 0 atom stereocenters. The topological polar surface area (TPSA) is 61.0 Å². The Hall–Kier alpha value is -2.24. The molecule has 5 heteroatoms. The van der Waals surface area contributed by atoms with Gasteiger partial charge in [-0.2, -0.15) is 0 Å². The van der Waals surface area contributed by atoms with Crippen LogP contribution in [0.4, 0.5) is 0 Å². The van der Waals surface area contributed by atoms with Gasteiger partial charge in [-0.1, -0.05) is 0 Å². The van der Waals surface area contributed by atoms with E-state index in [0.717, 1.165) is 27.6 Å². The Bertz CT molecular complexity index is 695. The first-order chi connectivity index (χ1) is 10.4. The molecule has 21 heavy (non-hydrogen) atoms. The molecule has 0 radical (unpaired) electrons. The average molecular weight is 297 g/mol. The highest BCUT2D eigenvalue weighted by molar-refractivity contribution is 7.13. The van der Waals surface area contributed by atoms with Crippen LogP contribution in [0.15, 0.2) is 54.2 Å². The van der Waals surface area contributed by atoms with Crippen LogP contribution in [0.2, 0.25) is 0 Å². The summed E-state index contributed by atoms with van der Waals surface area (Å²) in [5.41, 5.74) is 8.55. The van der Waals surface area contributed by atoms with Crippen LogP contribution in [0.5, 0.6) is 5.75 Å². The first kappa shape index (κ1) is 13.7. The van der Waals surface area contributed by atoms with Crippen molar-refractivity contribution in [3.8, 4) is 27.6 Å². The van der Waals surface area contributed by atoms with Gasteiger partial charge in [-0.3, -0.25) is 4.98 Å². The fourth-order valence-corrected chi connectivity index (χ4v) is 2.77. The van der Waals surface area contributed by atoms with Gasteiger partial charge in [0, 0.05) is 35.4 Å². The van der Waals surface area contributed by atoms with Crippen molar-refractivity contribution < 1.29 is 4.74 Å². The molecular formula is C16H15N3OS. The van der Waals surface area contributed by atoms with Gasteiger partial charge >= 0.3 is 0 Å². The summed E-state index contributed by atoms with van der Waals surface area (Å²) in [6.07, 6.45) is 3.56. The Morgan fingerprint density at radius 3 is 2.48 bits per heavy atom. The van der Waals surface area contributed by atoms with Crippen molar-refractivity contribution in [2.75, 3.05) is 13.2 Å². The average Bonchev–Trinajstić information content (AvgIpc) is 3.04. The predicted octanol–water partition coefficient (Wildman–Crippen LogP) is 3.21. The third-order valence-corrected chi connectivity index (χ3v) is 3.86. The maximum Gasteiger partial charge on any atom is 0.124 e. The summed E-state index contributed by atoms with van der Waals surface area (Å²) in [6, 6.07) is 11.8. The van der Waals surface area contributed by atoms with Crippen molar-refractivity contribution in [3.05, 3.63) is 54.2 Å². The van der Waals surface area contributed by atoms with Crippen LogP contribution in [-0.4, -0.2) is 23.1 Å². The second-order valence-corrected chi connectivity index (χ2v) is 5.29. The summed E-state index contributed by atoms with van der Waals surface area (Å²) in [5.74, 6) is 0.828. The molecule has 0 aliphatic heterocycles. The number of pyridine rings is 1. The Kier molecular flexibility index (Phi) is 4.23. The number of nitrogens with two attached hydrogens (primary N) is 1. The molecule has 0 spiro atoms. The lowest BCUT2D eigenvalue weighted by molar-refractivity contribution is 0.328. The SMILES string of the molecule is NCCOc1ccc(-c2csc(-c3ccncc3)n2)cc1. The van der Waals surface area contributed by atoms with Gasteiger partial charge in [0.15, 0.2) is 0 Å². The molecule has 0 saturated heterocycles. The van der Waals surface area contributed by atoms with Gasteiger partial charge in [0.2, 0.25) is 0 Å². The van der Waals surface area contributed by atoms with Gasteiger partial charge in [-0.15, -0.1) is 11.3 Å². The van der Waals surface area contributed by atoms with Crippen LogP contribution in [0.3, 0.4) is 0 Å². The van der Waals surface area contributed by atoms with E-state index in [9.17, 15) is 0 Å². The first-order valence-corrected chi connectivity index (χ1v) is 7.54. The third-order valence-electron chi connectivity index (χ3n) is 2.97. The molecule has 2 heterocycles. The van der Waals surface area contributed by atoms with Gasteiger partial charge in [0.05, 0.1) is 5.69 Å². The Balaban J connectivity index is 1.80. The molecule has 3 aromatic rings. The quantitative estimate of drug-likeness (QED) is 0.785. The number of hydrogen-bond donors (Lipinski definition) is 1. The van der Waals surface area contributed by atoms with E-state index in [2.05, 4.69) is 15.3 Å². The lowest BCUT2D eigenvalue weighted by Gasteiger charge is -2.04. The molecule has 0 aliphatic carbocycles. The fraction of sp³-hybridized carbons (Fsp3) is 0.125. The van der Waals surface area contributed by atoms with E-state index in [1.807, 2.05) is 36.4 Å². The molecule has 1 aromatic carbocycles. The van der Waals surface area contributed by atoms with Crippen LogP contribution < -0.4 is 10.5 Å². The fourth-order valence-electron chi connectivity index (χ4n) is 1.93. The lowest BCUT2D eigenvalue weighted by Crippen LogP contribution is -2.10. The van der Waals surface area contributed by atoms with Crippen molar-refractivity contribution in [2.45, 2.75) is 0 Å². The number of ether oxygens (including phenoxy) is 1. The highest BCUT2D eigenvalue weighted by Crippen LogP contribution is 2.29. The number of aromatic nitrogens is 2. The van der Waals surface area contributed by atoms with Crippen LogP contribution in [0, 0.1) is 0 Å². The largest absolute Gasteiger partial charge is 0.492 e. The number of benzene rings is 1. The molecular weight excluding hydrogens is 282 g/mol. The highest BCUT2D eigenvalue weighted by Gasteiger charge is 2.06. The van der Waals surface area contributed by atoms with E-state index in [0.29, 0.717) is 13.2 Å². The maximum atomic E-state index is 5.47. The molecule has 0 fully saturated rings. The molecule has 0 aliphatic rings. The molecule has 0 unspecified atom stereocenters. The van der Waals surface area contributed by atoms with E-state index in [4.69, 9.17) is 10.5 Å². The zero-order valence-electron chi connectivity index (χ0n) is 11.4. The summed E-state index contributed by atoms with van der Waals surface area (Å²) in [4.78, 5) is 8.70. The van der Waals surface area contributed by atoms with Crippen LogP contribution >= 0.6 is 11.3 Å².